The van der Waals surface area contributed by atoms with Crippen LogP contribution >= 0.6 is 0 Å². The highest BCUT2D eigenvalue weighted by Crippen LogP contribution is 2.31. The van der Waals surface area contributed by atoms with Gasteiger partial charge in [0, 0.05) is 24.7 Å². The molecule has 1 atom stereocenters. The lowest BCUT2D eigenvalue weighted by Gasteiger charge is -2.20. The highest BCUT2D eigenvalue weighted by Gasteiger charge is 2.15. The molecule has 1 aromatic rings. The lowest BCUT2D eigenvalue weighted by atomic mass is 10.0. The predicted octanol–water partition coefficient (Wildman–Crippen LogP) is 1.83. The molecule has 0 bridgehead atoms. The smallest absolute Gasteiger partial charge is 0.128 e. The van der Waals surface area contributed by atoms with Gasteiger partial charge < -0.3 is 24.6 Å². The topological polar surface area (TPSA) is 62.2 Å². The Labute approximate surface area is 127 Å². The van der Waals surface area contributed by atoms with Crippen LogP contribution in [0, 0.1) is 0 Å². The summed E-state index contributed by atoms with van der Waals surface area (Å²) >= 11 is 0. The number of hydrogen-bond donors (Lipinski definition) is 2. The molecule has 0 fully saturated rings. The molecule has 0 aliphatic carbocycles. The Balaban J connectivity index is 2.74. The van der Waals surface area contributed by atoms with Crippen molar-refractivity contribution in [3.63, 3.8) is 0 Å². The van der Waals surface area contributed by atoms with Crippen molar-refractivity contribution in [1.82, 2.24) is 4.90 Å². The normalized spacial score (nSPS) is 12.5. The number of benzene rings is 1. The van der Waals surface area contributed by atoms with E-state index in [1.807, 2.05) is 44.0 Å². The molecule has 0 saturated carbocycles. The number of nitrogens with zero attached hydrogens (tertiary/aromatic N) is 1. The van der Waals surface area contributed by atoms with E-state index in [9.17, 15) is 5.11 Å². The van der Waals surface area contributed by atoms with Gasteiger partial charge in [-0.1, -0.05) is 0 Å². The molecule has 0 aliphatic rings. The second-order valence-corrected chi connectivity index (χ2v) is 4.90. The SMILES string of the molecule is CCOc1ccc(C(O)CCN(C)CCO)c(OCC)c1. The summed E-state index contributed by atoms with van der Waals surface area (Å²) in [5, 5.41) is 19.2. The number of aliphatic hydroxyl groups excluding tert-OH is 2. The minimum absolute atomic E-state index is 0.125. The number of hydrogen-bond acceptors (Lipinski definition) is 5. The molecule has 21 heavy (non-hydrogen) atoms. The molecule has 5 nitrogen and oxygen atoms in total. The fourth-order valence-corrected chi connectivity index (χ4v) is 2.11. The molecule has 1 aromatic carbocycles. The number of aliphatic hydroxyl groups is 2. The van der Waals surface area contributed by atoms with Crippen molar-refractivity contribution in [3.8, 4) is 11.5 Å². The van der Waals surface area contributed by atoms with Crippen molar-refractivity contribution in [2.75, 3.05) is 40.0 Å². The van der Waals surface area contributed by atoms with Crippen LogP contribution in [0.15, 0.2) is 18.2 Å². The van der Waals surface area contributed by atoms with Gasteiger partial charge in [-0.25, -0.2) is 0 Å². The van der Waals surface area contributed by atoms with Crippen molar-refractivity contribution in [3.05, 3.63) is 23.8 Å². The van der Waals surface area contributed by atoms with Crippen LogP contribution in [0.4, 0.5) is 0 Å². The standard InChI is InChI=1S/C16H27NO4/c1-4-20-13-6-7-14(16(12-13)21-5-2)15(19)8-9-17(3)10-11-18/h6-7,12,15,18-19H,4-5,8-11H2,1-3H3. The van der Waals surface area contributed by atoms with Gasteiger partial charge in [-0.3, -0.25) is 0 Å². The van der Waals surface area contributed by atoms with Crippen molar-refractivity contribution in [2.24, 2.45) is 0 Å². The van der Waals surface area contributed by atoms with Crippen LogP contribution in [0.5, 0.6) is 11.5 Å². The maximum Gasteiger partial charge on any atom is 0.128 e. The summed E-state index contributed by atoms with van der Waals surface area (Å²) in [5.74, 6) is 1.41. The molecule has 5 heteroatoms. The third-order valence-electron chi connectivity index (χ3n) is 3.22. The van der Waals surface area contributed by atoms with Crippen molar-refractivity contribution in [2.45, 2.75) is 26.4 Å². The molecule has 0 amide bonds. The van der Waals surface area contributed by atoms with Crippen molar-refractivity contribution < 1.29 is 19.7 Å². The fourth-order valence-electron chi connectivity index (χ4n) is 2.11. The molecular weight excluding hydrogens is 270 g/mol. The van der Waals surface area contributed by atoms with E-state index in [1.165, 1.54) is 0 Å². The molecule has 2 N–H and O–H groups in total. The predicted molar refractivity (Wildman–Crippen MR) is 82.9 cm³/mol. The molecule has 0 aromatic heterocycles. The zero-order valence-corrected chi connectivity index (χ0v) is 13.2. The van der Waals surface area contributed by atoms with Gasteiger partial charge in [-0.15, -0.1) is 0 Å². The van der Waals surface area contributed by atoms with Gasteiger partial charge >= 0.3 is 0 Å². The minimum atomic E-state index is -0.594. The van der Waals surface area contributed by atoms with E-state index < -0.39 is 6.10 Å². The lowest BCUT2D eigenvalue weighted by Crippen LogP contribution is -2.24. The first kappa shape index (κ1) is 17.8. The van der Waals surface area contributed by atoms with Crippen LogP contribution in [-0.4, -0.2) is 55.1 Å². The summed E-state index contributed by atoms with van der Waals surface area (Å²) in [6.45, 7) is 6.42. The molecular formula is C16H27NO4. The fraction of sp³-hybridized carbons (Fsp3) is 0.625. The maximum absolute atomic E-state index is 10.4. The first-order valence-electron chi connectivity index (χ1n) is 7.49. The van der Waals surface area contributed by atoms with Gasteiger partial charge in [-0.2, -0.15) is 0 Å². The van der Waals surface area contributed by atoms with E-state index in [-0.39, 0.29) is 6.61 Å². The van der Waals surface area contributed by atoms with Gasteiger partial charge in [0.15, 0.2) is 0 Å². The summed E-state index contributed by atoms with van der Waals surface area (Å²) in [6.07, 6.45) is -0.00625. The van der Waals surface area contributed by atoms with Crippen LogP contribution in [-0.2, 0) is 0 Å². The highest BCUT2D eigenvalue weighted by atomic mass is 16.5. The van der Waals surface area contributed by atoms with E-state index in [1.54, 1.807) is 0 Å². The number of ether oxygens (including phenoxy) is 2. The first-order valence-corrected chi connectivity index (χ1v) is 7.49. The van der Waals surface area contributed by atoms with Gasteiger partial charge in [0.25, 0.3) is 0 Å². The Hall–Kier alpha value is -1.30. The van der Waals surface area contributed by atoms with Crippen LogP contribution in [0.2, 0.25) is 0 Å². The van der Waals surface area contributed by atoms with Crippen LogP contribution in [0.3, 0.4) is 0 Å². The zero-order chi connectivity index (χ0) is 15.7. The molecule has 1 unspecified atom stereocenters. The summed E-state index contributed by atoms with van der Waals surface area (Å²) in [7, 11) is 1.92. The third-order valence-corrected chi connectivity index (χ3v) is 3.22. The van der Waals surface area contributed by atoms with Crippen molar-refractivity contribution in [1.29, 1.82) is 0 Å². The monoisotopic (exact) mass is 297 g/mol. The summed E-state index contributed by atoms with van der Waals surface area (Å²) < 4.78 is 11.1. The molecule has 0 saturated heterocycles. The molecule has 0 aliphatic heterocycles. The van der Waals surface area contributed by atoms with E-state index in [0.717, 1.165) is 11.3 Å². The number of rotatable bonds is 10. The van der Waals surface area contributed by atoms with Crippen LogP contribution in [0.25, 0.3) is 0 Å². The van der Waals surface area contributed by atoms with E-state index in [0.29, 0.717) is 38.5 Å². The Morgan fingerprint density at radius 1 is 1.14 bits per heavy atom. The quantitative estimate of drug-likeness (QED) is 0.690. The minimum Gasteiger partial charge on any atom is -0.494 e. The molecule has 0 spiro atoms. The lowest BCUT2D eigenvalue weighted by molar-refractivity contribution is 0.137. The van der Waals surface area contributed by atoms with E-state index >= 15 is 0 Å². The van der Waals surface area contributed by atoms with Gasteiger partial charge in [0.1, 0.15) is 11.5 Å². The Morgan fingerprint density at radius 3 is 2.48 bits per heavy atom. The second-order valence-electron chi connectivity index (χ2n) is 4.90. The largest absolute Gasteiger partial charge is 0.494 e. The third kappa shape index (κ3) is 5.91. The second kappa shape index (κ2) is 9.60. The Kier molecular flexibility index (Phi) is 8.12. The van der Waals surface area contributed by atoms with Gasteiger partial charge in [0.05, 0.1) is 25.9 Å². The number of likely N-dealkylation sites (N-methyl/N-ethyl adjacent to an activating group) is 1. The van der Waals surface area contributed by atoms with E-state index in [2.05, 4.69) is 0 Å². The summed E-state index contributed by atoms with van der Waals surface area (Å²) in [4.78, 5) is 1.98. The van der Waals surface area contributed by atoms with Crippen LogP contribution < -0.4 is 9.47 Å². The summed E-state index contributed by atoms with van der Waals surface area (Å²) in [6, 6.07) is 5.53. The zero-order valence-electron chi connectivity index (χ0n) is 13.2. The highest BCUT2D eigenvalue weighted by molar-refractivity contribution is 5.42. The van der Waals surface area contributed by atoms with Gasteiger partial charge in [-0.05, 0) is 39.4 Å². The first-order chi connectivity index (χ1) is 10.1. The average molecular weight is 297 g/mol. The average Bonchev–Trinajstić information content (AvgIpc) is 2.46. The molecule has 0 heterocycles. The van der Waals surface area contributed by atoms with Crippen LogP contribution in [0.1, 0.15) is 31.9 Å². The molecule has 0 radical (unpaired) electrons. The summed E-state index contributed by atoms with van der Waals surface area (Å²) in [5.41, 5.74) is 0.776. The van der Waals surface area contributed by atoms with Gasteiger partial charge in [0.2, 0.25) is 0 Å². The van der Waals surface area contributed by atoms with Crippen molar-refractivity contribution >= 4 is 0 Å². The Morgan fingerprint density at radius 2 is 1.86 bits per heavy atom. The molecule has 1 rings (SSSR count). The Bertz CT molecular complexity index is 411. The maximum atomic E-state index is 10.4. The molecule has 120 valence electrons. The van der Waals surface area contributed by atoms with E-state index in [4.69, 9.17) is 14.6 Å².